The molecule has 2 rings (SSSR count). The van der Waals surface area contributed by atoms with Crippen LogP contribution in [0.25, 0.3) is 0 Å². The van der Waals surface area contributed by atoms with E-state index in [-0.39, 0.29) is 0 Å². The number of rotatable bonds is 3. The number of hydrogen-bond acceptors (Lipinski definition) is 3. The van der Waals surface area contributed by atoms with E-state index in [4.69, 9.17) is 0 Å². The molecule has 0 spiro atoms. The highest BCUT2D eigenvalue weighted by atomic mass is 19.1. The Labute approximate surface area is 131 Å². The Morgan fingerprint density at radius 2 is 1.52 bits per heavy atom. The number of carbonyl (C=O) groups excluding carboxylic acids is 2. The fourth-order valence-electron chi connectivity index (χ4n) is 1.80. The van der Waals surface area contributed by atoms with Crippen molar-refractivity contribution in [2.24, 2.45) is 0 Å². The third-order valence-corrected chi connectivity index (χ3v) is 3.02. The number of halogens is 2. The number of nitrogens with zero attached hydrogens (tertiary/aromatic N) is 1. The molecule has 0 radical (unpaired) electrons. The van der Waals surface area contributed by atoms with Crippen molar-refractivity contribution in [2.45, 2.75) is 0 Å². The molecule has 0 heterocycles. The first kappa shape index (κ1) is 16.4. The lowest BCUT2D eigenvalue weighted by Gasteiger charge is -2.13. The summed E-state index contributed by atoms with van der Waals surface area (Å²) >= 11 is 0. The topological polar surface area (TPSA) is 61.4 Å². The van der Waals surface area contributed by atoms with Crippen LogP contribution in [0, 0.1) is 11.6 Å². The minimum Gasteiger partial charge on any atom is -0.378 e. The van der Waals surface area contributed by atoms with E-state index in [0.717, 1.165) is 23.9 Å². The summed E-state index contributed by atoms with van der Waals surface area (Å²) in [4.78, 5) is 25.4. The van der Waals surface area contributed by atoms with Crippen LogP contribution in [0.2, 0.25) is 0 Å². The molecule has 0 saturated heterocycles. The highest BCUT2D eigenvalue weighted by molar-refractivity contribution is 6.43. The molecule has 120 valence electrons. The quantitative estimate of drug-likeness (QED) is 0.855. The van der Waals surface area contributed by atoms with Gasteiger partial charge in [-0.05, 0) is 36.4 Å². The average Bonchev–Trinajstić information content (AvgIpc) is 2.51. The molecule has 2 aromatic rings. The van der Waals surface area contributed by atoms with Crippen LogP contribution in [0.3, 0.4) is 0 Å². The van der Waals surface area contributed by atoms with Crippen LogP contribution >= 0.6 is 0 Å². The minimum absolute atomic E-state index is 0.395. The summed E-state index contributed by atoms with van der Waals surface area (Å²) in [6.07, 6.45) is 0. The minimum atomic E-state index is -1.09. The molecule has 2 amide bonds. The predicted octanol–water partition coefficient (Wildman–Crippen LogP) is 2.61. The average molecular weight is 319 g/mol. The van der Waals surface area contributed by atoms with Crippen LogP contribution < -0.4 is 15.5 Å². The van der Waals surface area contributed by atoms with Crippen LogP contribution in [0.1, 0.15) is 0 Å². The number of carbonyl (C=O) groups is 2. The first-order valence-corrected chi connectivity index (χ1v) is 6.71. The molecular formula is C16H15F2N3O2. The first-order valence-electron chi connectivity index (χ1n) is 6.71. The van der Waals surface area contributed by atoms with E-state index < -0.39 is 29.1 Å². The van der Waals surface area contributed by atoms with Gasteiger partial charge in [0.25, 0.3) is 0 Å². The molecule has 0 aliphatic carbocycles. The fraction of sp³-hybridized carbons (Fsp3) is 0.125. The standard InChI is InChI=1S/C16H15F2N3O2/c1-21(2)12-6-4-11(5-7-12)19-15(22)16(23)20-14-9-10(17)3-8-13(14)18/h3-9H,1-2H3,(H,19,22)(H,20,23). The summed E-state index contributed by atoms with van der Waals surface area (Å²) in [5, 5.41) is 4.40. The van der Waals surface area contributed by atoms with Crippen molar-refractivity contribution in [3.63, 3.8) is 0 Å². The summed E-state index contributed by atoms with van der Waals surface area (Å²) in [5.74, 6) is -3.62. The Morgan fingerprint density at radius 3 is 2.13 bits per heavy atom. The first-order chi connectivity index (χ1) is 10.9. The van der Waals surface area contributed by atoms with Gasteiger partial charge in [0.1, 0.15) is 11.6 Å². The number of benzene rings is 2. The van der Waals surface area contributed by atoms with Gasteiger partial charge in [-0.25, -0.2) is 8.78 Å². The number of hydrogen-bond donors (Lipinski definition) is 2. The molecule has 23 heavy (non-hydrogen) atoms. The van der Waals surface area contributed by atoms with Crippen molar-refractivity contribution in [1.29, 1.82) is 0 Å². The molecule has 0 aliphatic rings. The monoisotopic (exact) mass is 319 g/mol. The highest BCUT2D eigenvalue weighted by Gasteiger charge is 2.16. The summed E-state index contributed by atoms with van der Waals surface area (Å²) in [6.45, 7) is 0. The Kier molecular flexibility index (Phi) is 4.90. The Hall–Kier alpha value is -2.96. The van der Waals surface area contributed by atoms with E-state index >= 15 is 0 Å². The van der Waals surface area contributed by atoms with Gasteiger partial charge in [-0.15, -0.1) is 0 Å². The number of anilines is 3. The van der Waals surface area contributed by atoms with Gasteiger partial charge >= 0.3 is 11.8 Å². The van der Waals surface area contributed by atoms with Gasteiger partial charge in [0.15, 0.2) is 0 Å². The van der Waals surface area contributed by atoms with Gasteiger partial charge in [-0.3, -0.25) is 9.59 Å². The molecule has 7 heteroatoms. The molecule has 0 saturated carbocycles. The maximum atomic E-state index is 13.4. The molecule has 0 aliphatic heterocycles. The lowest BCUT2D eigenvalue weighted by atomic mass is 10.2. The lowest BCUT2D eigenvalue weighted by Crippen LogP contribution is -2.29. The maximum absolute atomic E-state index is 13.4. The van der Waals surface area contributed by atoms with Gasteiger partial charge in [-0.1, -0.05) is 0 Å². The largest absolute Gasteiger partial charge is 0.378 e. The highest BCUT2D eigenvalue weighted by Crippen LogP contribution is 2.17. The lowest BCUT2D eigenvalue weighted by molar-refractivity contribution is -0.133. The maximum Gasteiger partial charge on any atom is 0.314 e. The zero-order valence-electron chi connectivity index (χ0n) is 12.6. The van der Waals surface area contributed by atoms with Crippen molar-refractivity contribution in [3.8, 4) is 0 Å². The summed E-state index contributed by atoms with van der Waals surface area (Å²) in [6, 6.07) is 9.36. The molecule has 0 aromatic heterocycles. The van der Waals surface area contributed by atoms with Crippen molar-refractivity contribution in [2.75, 3.05) is 29.6 Å². The summed E-state index contributed by atoms with van der Waals surface area (Å²) in [7, 11) is 3.74. The third kappa shape index (κ3) is 4.26. The Balaban J connectivity index is 2.02. The molecule has 0 bridgehead atoms. The molecule has 0 atom stereocenters. The number of nitrogens with one attached hydrogen (secondary N) is 2. The van der Waals surface area contributed by atoms with E-state index in [1.54, 1.807) is 24.3 Å². The SMILES string of the molecule is CN(C)c1ccc(NC(=O)C(=O)Nc2cc(F)ccc2F)cc1. The van der Waals surface area contributed by atoms with E-state index in [0.29, 0.717) is 5.69 Å². The molecule has 2 N–H and O–H groups in total. The van der Waals surface area contributed by atoms with Crippen LogP contribution in [-0.4, -0.2) is 25.9 Å². The zero-order valence-corrected chi connectivity index (χ0v) is 12.6. The normalized spacial score (nSPS) is 10.1. The predicted molar refractivity (Wildman–Crippen MR) is 84.4 cm³/mol. The molecular weight excluding hydrogens is 304 g/mol. The fourth-order valence-corrected chi connectivity index (χ4v) is 1.80. The van der Waals surface area contributed by atoms with Gasteiger partial charge < -0.3 is 15.5 Å². The van der Waals surface area contributed by atoms with Gasteiger partial charge in [0, 0.05) is 31.5 Å². The second-order valence-electron chi connectivity index (χ2n) is 4.97. The van der Waals surface area contributed by atoms with E-state index in [1.165, 1.54) is 0 Å². The van der Waals surface area contributed by atoms with Gasteiger partial charge in [-0.2, -0.15) is 0 Å². The van der Waals surface area contributed by atoms with Crippen molar-refractivity contribution in [1.82, 2.24) is 0 Å². The molecule has 5 nitrogen and oxygen atoms in total. The number of amides is 2. The second kappa shape index (κ2) is 6.87. The van der Waals surface area contributed by atoms with Crippen molar-refractivity contribution in [3.05, 3.63) is 54.1 Å². The zero-order chi connectivity index (χ0) is 17.0. The van der Waals surface area contributed by atoms with E-state index in [2.05, 4.69) is 5.32 Å². The third-order valence-electron chi connectivity index (χ3n) is 3.02. The second-order valence-corrected chi connectivity index (χ2v) is 4.97. The van der Waals surface area contributed by atoms with Crippen LogP contribution in [0.4, 0.5) is 25.8 Å². The molecule has 0 unspecified atom stereocenters. The summed E-state index contributed by atoms with van der Waals surface area (Å²) in [5.41, 5.74) is 0.942. The van der Waals surface area contributed by atoms with Gasteiger partial charge in [0.2, 0.25) is 0 Å². The summed E-state index contributed by atoms with van der Waals surface area (Å²) < 4.78 is 26.4. The van der Waals surface area contributed by atoms with Crippen molar-refractivity contribution < 1.29 is 18.4 Å². The Morgan fingerprint density at radius 1 is 0.913 bits per heavy atom. The van der Waals surface area contributed by atoms with Crippen LogP contribution in [-0.2, 0) is 9.59 Å². The van der Waals surface area contributed by atoms with Crippen LogP contribution in [0.15, 0.2) is 42.5 Å². The van der Waals surface area contributed by atoms with E-state index in [1.807, 2.05) is 24.3 Å². The van der Waals surface area contributed by atoms with Gasteiger partial charge in [0.05, 0.1) is 5.69 Å². The van der Waals surface area contributed by atoms with Crippen molar-refractivity contribution >= 4 is 28.9 Å². The smallest absolute Gasteiger partial charge is 0.314 e. The van der Waals surface area contributed by atoms with E-state index in [9.17, 15) is 18.4 Å². The molecule has 2 aromatic carbocycles. The Bertz CT molecular complexity index is 731. The molecule has 0 fully saturated rings. The van der Waals surface area contributed by atoms with Crippen LogP contribution in [0.5, 0.6) is 0 Å².